The highest BCUT2D eigenvalue weighted by atomic mass is 16.2. The molecule has 0 unspecified atom stereocenters. The Morgan fingerprint density at radius 2 is 1.86 bits per heavy atom. The van der Waals surface area contributed by atoms with E-state index < -0.39 is 30.0 Å². The minimum Gasteiger partial charge on any atom is -0.324 e. The number of nitrogens with two attached hydrogens (primary N) is 1. The van der Waals surface area contributed by atoms with Crippen LogP contribution in [0, 0.1) is 0 Å². The van der Waals surface area contributed by atoms with Crippen LogP contribution >= 0.6 is 0 Å². The van der Waals surface area contributed by atoms with Crippen molar-refractivity contribution in [1.82, 2.24) is 9.80 Å². The monoisotopic (exact) mass is 397 g/mol. The maximum Gasteiger partial charge on any atom is 0.319 e. The summed E-state index contributed by atoms with van der Waals surface area (Å²) in [6.45, 7) is 4.51. The number of hydrogen-bond acceptors (Lipinski definition) is 6. The van der Waals surface area contributed by atoms with E-state index in [4.69, 9.17) is 5.73 Å². The van der Waals surface area contributed by atoms with Gasteiger partial charge >= 0.3 is 11.8 Å². The van der Waals surface area contributed by atoms with Gasteiger partial charge in [-0.2, -0.15) is 0 Å². The predicted molar refractivity (Wildman–Crippen MR) is 106 cm³/mol. The molecule has 1 aliphatic heterocycles. The van der Waals surface area contributed by atoms with E-state index in [0.717, 1.165) is 9.80 Å². The first-order valence-corrected chi connectivity index (χ1v) is 9.06. The molecule has 1 fully saturated rings. The third-order valence-electron chi connectivity index (χ3n) is 4.41. The van der Waals surface area contributed by atoms with E-state index in [1.165, 1.54) is 12.2 Å². The van der Waals surface area contributed by atoms with Crippen molar-refractivity contribution in [2.75, 3.05) is 26.2 Å². The first kappa shape index (κ1) is 21.9. The highest BCUT2D eigenvalue weighted by Crippen LogP contribution is 2.15. The Balaban J connectivity index is 2.09. The average molecular weight is 397 g/mol. The van der Waals surface area contributed by atoms with E-state index in [0.29, 0.717) is 17.6 Å². The molecular formula is C21H23N3O5. The van der Waals surface area contributed by atoms with E-state index >= 15 is 0 Å². The van der Waals surface area contributed by atoms with Crippen LogP contribution in [0.2, 0.25) is 0 Å². The van der Waals surface area contributed by atoms with Crippen LogP contribution in [0.15, 0.2) is 59.8 Å². The number of rotatable bonds is 8. The summed E-state index contributed by atoms with van der Waals surface area (Å²) >= 11 is 0. The molecule has 1 aliphatic carbocycles. The zero-order chi connectivity index (χ0) is 21.6. The van der Waals surface area contributed by atoms with Gasteiger partial charge in [0.05, 0.1) is 19.6 Å². The number of hydrogen-bond donors (Lipinski definition) is 1. The van der Waals surface area contributed by atoms with Crippen LogP contribution in [-0.2, 0) is 24.0 Å². The summed E-state index contributed by atoms with van der Waals surface area (Å²) < 4.78 is 0. The van der Waals surface area contributed by atoms with Gasteiger partial charge in [0.15, 0.2) is 11.6 Å². The van der Waals surface area contributed by atoms with Crippen molar-refractivity contribution in [2.45, 2.75) is 13.3 Å². The summed E-state index contributed by atoms with van der Waals surface area (Å²) in [5.41, 5.74) is 6.60. The van der Waals surface area contributed by atoms with Crippen LogP contribution in [0.3, 0.4) is 0 Å². The summed E-state index contributed by atoms with van der Waals surface area (Å²) in [6.07, 6.45) is 9.88. The Morgan fingerprint density at radius 3 is 2.52 bits per heavy atom. The van der Waals surface area contributed by atoms with Gasteiger partial charge in [0.25, 0.3) is 0 Å². The highest BCUT2D eigenvalue weighted by molar-refractivity contribution is 6.40. The zero-order valence-electron chi connectivity index (χ0n) is 16.2. The second kappa shape index (κ2) is 9.70. The van der Waals surface area contributed by atoms with Crippen LogP contribution < -0.4 is 5.73 Å². The number of ketones is 2. The Bertz CT molecular complexity index is 892. The number of allylic oxidation sites excluding steroid dienone is 5. The van der Waals surface area contributed by atoms with Crippen LogP contribution in [-0.4, -0.2) is 65.3 Å². The lowest BCUT2D eigenvalue weighted by Gasteiger charge is -2.31. The van der Waals surface area contributed by atoms with Gasteiger partial charge in [0, 0.05) is 11.1 Å². The molecule has 0 aromatic rings. The second-order valence-corrected chi connectivity index (χ2v) is 6.58. The molecular weight excluding hydrogens is 374 g/mol. The first-order valence-electron chi connectivity index (χ1n) is 9.06. The fourth-order valence-electron chi connectivity index (χ4n) is 2.88. The molecule has 2 aliphatic rings. The number of carbonyl (C=O) groups is 5. The summed E-state index contributed by atoms with van der Waals surface area (Å²) in [4.78, 5) is 63.0. The molecule has 1 heterocycles. The lowest BCUT2D eigenvalue weighted by atomic mass is 10.1. The number of nitrogens with zero attached hydrogens (tertiary/aromatic N) is 2. The molecule has 8 nitrogen and oxygen atoms in total. The standard InChI is InChI=1S/C21H23N3O5/c1-3-5-14(2)11-24-19(27)13-23(20(28)21(24)29)12-18(26)16-7-4-6-15(8-9-16)17(25)10-22/h3-5,7-9H,2,6,10-13,22H2,1H3/b5-3-. The molecule has 0 spiro atoms. The Hall–Kier alpha value is -3.39. The van der Waals surface area contributed by atoms with Crippen molar-refractivity contribution in [3.8, 4) is 0 Å². The van der Waals surface area contributed by atoms with Gasteiger partial charge in [0.1, 0.15) is 6.54 Å². The normalized spacial score (nSPS) is 17.4. The van der Waals surface area contributed by atoms with Crippen molar-refractivity contribution in [3.05, 3.63) is 59.8 Å². The van der Waals surface area contributed by atoms with Crippen LogP contribution in [0.25, 0.3) is 0 Å². The molecule has 0 aromatic heterocycles. The third-order valence-corrected chi connectivity index (χ3v) is 4.41. The lowest BCUT2D eigenvalue weighted by molar-refractivity contribution is -0.163. The van der Waals surface area contributed by atoms with Gasteiger partial charge in [-0.25, -0.2) is 0 Å². The minimum atomic E-state index is -0.985. The lowest BCUT2D eigenvalue weighted by Crippen LogP contribution is -2.58. The number of piperazine rings is 1. The molecule has 2 rings (SSSR count). The van der Waals surface area contributed by atoms with E-state index in [1.54, 1.807) is 31.2 Å². The summed E-state index contributed by atoms with van der Waals surface area (Å²) in [5, 5.41) is 0. The largest absolute Gasteiger partial charge is 0.324 e. The molecule has 8 heteroatoms. The fraction of sp³-hybridized carbons (Fsp3) is 0.286. The topological polar surface area (TPSA) is 118 Å². The van der Waals surface area contributed by atoms with Gasteiger partial charge in [0.2, 0.25) is 5.91 Å². The van der Waals surface area contributed by atoms with Crippen molar-refractivity contribution in [3.63, 3.8) is 0 Å². The van der Waals surface area contributed by atoms with Crippen molar-refractivity contribution in [2.24, 2.45) is 5.73 Å². The molecule has 152 valence electrons. The van der Waals surface area contributed by atoms with E-state index in [1.807, 2.05) is 0 Å². The molecule has 2 N–H and O–H groups in total. The smallest absolute Gasteiger partial charge is 0.319 e. The van der Waals surface area contributed by atoms with Gasteiger partial charge < -0.3 is 10.6 Å². The highest BCUT2D eigenvalue weighted by Gasteiger charge is 2.39. The Morgan fingerprint density at radius 1 is 1.14 bits per heavy atom. The molecule has 3 amide bonds. The molecule has 0 atom stereocenters. The van der Waals surface area contributed by atoms with E-state index in [9.17, 15) is 24.0 Å². The van der Waals surface area contributed by atoms with Gasteiger partial charge in [-0.15, -0.1) is 0 Å². The number of imide groups is 1. The third kappa shape index (κ3) is 5.32. The zero-order valence-corrected chi connectivity index (χ0v) is 16.2. The summed E-state index contributed by atoms with van der Waals surface area (Å²) in [6, 6.07) is 0. The van der Waals surface area contributed by atoms with Crippen LogP contribution in [0.4, 0.5) is 0 Å². The molecule has 29 heavy (non-hydrogen) atoms. The van der Waals surface area contributed by atoms with Gasteiger partial charge in [-0.05, 0) is 18.9 Å². The number of amides is 3. The Labute approximate surface area is 168 Å². The average Bonchev–Trinajstić information content (AvgIpc) is 2.95. The predicted octanol–water partition coefficient (Wildman–Crippen LogP) is 0.226. The van der Waals surface area contributed by atoms with E-state index in [2.05, 4.69) is 6.58 Å². The van der Waals surface area contributed by atoms with Crippen molar-refractivity contribution in [1.29, 1.82) is 0 Å². The fourth-order valence-corrected chi connectivity index (χ4v) is 2.88. The SMILES string of the molecule is C=C(/C=C\C)CN1C(=O)CN(CC(=O)C2=CC=C(C(=O)CN)CC=C2)C(=O)C1=O. The van der Waals surface area contributed by atoms with Crippen molar-refractivity contribution >= 4 is 29.3 Å². The molecule has 0 aromatic carbocycles. The summed E-state index contributed by atoms with van der Waals surface area (Å²) in [7, 11) is 0. The van der Waals surface area contributed by atoms with Crippen LogP contribution in [0.5, 0.6) is 0 Å². The van der Waals surface area contributed by atoms with E-state index in [-0.39, 0.29) is 31.0 Å². The number of carbonyl (C=O) groups excluding carboxylic acids is 5. The maximum absolute atomic E-state index is 12.6. The van der Waals surface area contributed by atoms with Crippen LogP contribution in [0.1, 0.15) is 13.3 Å². The maximum atomic E-state index is 12.6. The van der Waals surface area contributed by atoms with Gasteiger partial charge in [-0.1, -0.05) is 43.0 Å². The first-order chi connectivity index (χ1) is 13.8. The Kier molecular flexibility index (Phi) is 7.33. The minimum absolute atomic E-state index is 0.0772. The number of Topliss-reactive ketones (excluding diaryl/α,β-unsaturated/α-hetero) is 2. The molecule has 0 bridgehead atoms. The molecule has 0 radical (unpaired) electrons. The second-order valence-electron chi connectivity index (χ2n) is 6.58. The quantitative estimate of drug-likeness (QED) is 0.356. The molecule has 1 saturated heterocycles. The van der Waals surface area contributed by atoms with Gasteiger partial charge in [-0.3, -0.25) is 28.9 Å². The molecule has 0 saturated carbocycles. The summed E-state index contributed by atoms with van der Waals surface area (Å²) in [5.74, 6) is -3.14. The van der Waals surface area contributed by atoms with Crippen molar-refractivity contribution < 1.29 is 24.0 Å².